The Morgan fingerprint density at radius 2 is 0.545 bits per heavy atom. The lowest BCUT2D eigenvalue weighted by Crippen LogP contribution is -1.88. The molecule has 0 atom stereocenters. The SMILES string of the molecule is C.C.C.C.CC(C)=O.CC(C)=O.COC(C)=O.COC(C)=O. The molecule has 6 nitrogen and oxygen atoms in total. The average molecular weight is 328 g/mol. The highest BCUT2D eigenvalue weighted by molar-refractivity contribution is 5.72. The molecule has 0 aliphatic carbocycles. The monoisotopic (exact) mass is 328 g/mol. The molecule has 0 rings (SSSR count). The highest BCUT2D eigenvalue weighted by Crippen LogP contribution is 1.60. The second kappa shape index (κ2) is 42.7. The van der Waals surface area contributed by atoms with Crippen LogP contribution in [-0.4, -0.2) is 37.7 Å². The van der Waals surface area contributed by atoms with Crippen molar-refractivity contribution >= 4 is 23.5 Å². The van der Waals surface area contributed by atoms with E-state index in [1.165, 1.54) is 55.8 Å². The molecule has 0 aliphatic heterocycles. The number of hydrogen-bond acceptors (Lipinski definition) is 6. The average Bonchev–Trinajstić information content (AvgIpc) is 2.16. The Kier molecular flexibility index (Phi) is 97.1. The van der Waals surface area contributed by atoms with E-state index in [4.69, 9.17) is 0 Å². The Labute approximate surface area is 138 Å². The molecule has 0 amide bonds. The minimum absolute atomic E-state index is 0. The first-order valence-electron chi connectivity index (χ1n) is 5.04. The summed E-state index contributed by atoms with van der Waals surface area (Å²) in [4.78, 5) is 38.1. The Bertz CT molecular complexity index is 213. The molecule has 0 bridgehead atoms. The minimum Gasteiger partial charge on any atom is -0.469 e. The first kappa shape index (κ1) is 50.0. The summed E-state index contributed by atoms with van der Waals surface area (Å²) in [6.45, 7) is 8.83. The summed E-state index contributed by atoms with van der Waals surface area (Å²) in [7, 11) is 2.70. The summed E-state index contributed by atoms with van der Waals surface area (Å²) in [5.74, 6) is -0.157. The molecule has 140 valence electrons. The van der Waals surface area contributed by atoms with Gasteiger partial charge in [0.1, 0.15) is 11.6 Å². The molecule has 0 heterocycles. The van der Waals surface area contributed by atoms with Gasteiger partial charge >= 0.3 is 11.9 Å². The number of ether oxygens (including phenoxy) is 2. The molecule has 22 heavy (non-hydrogen) atoms. The zero-order valence-electron chi connectivity index (χ0n) is 12.4. The maximum absolute atomic E-state index is 9.59. The van der Waals surface area contributed by atoms with Gasteiger partial charge in [0, 0.05) is 13.8 Å². The van der Waals surface area contributed by atoms with Gasteiger partial charge < -0.3 is 19.1 Å². The molecule has 0 fully saturated rings. The lowest BCUT2D eigenvalue weighted by atomic mass is 10.6. The van der Waals surface area contributed by atoms with Crippen LogP contribution in [0.1, 0.15) is 71.2 Å². The number of hydrogen-bond donors (Lipinski definition) is 0. The van der Waals surface area contributed by atoms with Crippen LogP contribution < -0.4 is 0 Å². The van der Waals surface area contributed by atoms with Gasteiger partial charge in [-0.1, -0.05) is 29.7 Å². The van der Waals surface area contributed by atoms with E-state index in [9.17, 15) is 19.2 Å². The number of ketones is 2. The van der Waals surface area contributed by atoms with Gasteiger partial charge in [0.2, 0.25) is 0 Å². The fourth-order valence-electron chi connectivity index (χ4n) is 0. The Balaban J connectivity index is -0.0000000188. The van der Waals surface area contributed by atoms with Crippen LogP contribution in [0.2, 0.25) is 0 Å². The Morgan fingerprint density at radius 3 is 0.545 bits per heavy atom. The third kappa shape index (κ3) is 1050. The van der Waals surface area contributed by atoms with Crippen molar-refractivity contribution in [3.63, 3.8) is 0 Å². The van der Waals surface area contributed by atoms with Crippen LogP contribution in [0.4, 0.5) is 0 Å². The van der Waals surface area contributed by atoms with Crippen LogP contribution >= 0.6 is 0 Å². The van der Waals surface area contributed by atoms with Crippen molar-refractivity contribution < 1.29 is 28.7 Å². The number of esters is 2. The van der Waals surface area contributed by atoms with Gasteiger partial charge in [-0.25, -0.2) is 0 Å². The van der Waals surface area contributed by atoms with Gasteiger partial charge in [-0.2, -0.15) is 0 Å². The zero-order valence-corrected chi connectivity index (χ0v) is 12.4. The highest BCUT2D eigenvalue weighted by Gasteiger charge is 1.76. The molecule has 6 heteroatoms. The maximum atomic E-state index is 9.59. The Hall–Kier alpha value is -1.72. The summed E-state index contributed by atoms with van der Waals surface area (Å²) in [5.41, 5.74) is 0. The van der Waals surface area contributed by atoms with Crippen molar-refractivity contribution in [3.8, 4) is 0 Å². The van der Waals surface area contributed by atoms with Crippen LogP contribution in [0.15, 0.2) is 0 Å². The topological polar surface area (TPSA) is 86.7 Å². The summed E-state index contributed by atoms with van der Waals surface area (Å²) in [6, 6.07) is 0. The summed E-state index contributed by atoms with van der Waals surface area (Å²) < 4.78 is 8.22. The van der Waals surface area contributed by atoms with Crippen molar-refractivity contribution in [2.45, 2.75) is 71.2 Å². The van der Waals surface area contributed by atoms with Crippen molar-refractivity contribution in [1.29, 1.82) is 0 Å². The molecular formula is C16H40O6. The number of Topliss-reactive ketones (excluding diaryl/α,β-unsaturated/α-hetero) is 2. The van der Waals surface area contributed by atoms with Gasteiger partial charge in [0.15, 0.2) is 0 Å². The van der Waals surface area contributed by atoms with E-state index in [1.54, 1.807) is 0 Å². The first-order valence-corrected chi connectivity index (χ1v) is 5.04. The molecule has 0 aromatic rings. The molecule has 0 saturated carbocycles. The largest absolute Gasteiger partial charge is 0.469 e. The van der Waals surface area contributed by atoms with Gasteiger partial charge in [0.25, 0.3) is 0 Å². The summed E-state index contributed by atoms with van der Waals surface area (Å²) in [5, 5.41) is 0. The predicted octanol–water partition coefficient (Wildman–Crippen LogP) is 4.09. The van der Waals surface area contributed by atoms with E-state index in [2.05, 4.69) is 9.47 Å². The standard InChI is InChI=1S/2C3H6O2.2C3H6O.4CH4/c2*1-3(4)5-2;2*1-3(2)4;;;;/h2*1-2H3;2*1-2H3;4*1H4. The molecule has 0 N–H and O–H groups in total. The molecular weight excluding hydrogens is 288 g/mol. The number of carbonyl (C=O) groups is 4. The zero-order chi connectivity index (χ0) is 15.7. The summed E-state index contributed by atoms with van der Waals surface area (Å²) in [6.07, 6.45) is 0. The van der Waals surface area contributed by atoms with Gasteiger partial charge in [-0.15, -0.1) is 0 Å². The van der Waals surface area contributed by atoms with Gasteiger partial charge in [0.05, 0.1) is 14.2 Å². The fraction of sp³-hybridized carbons (Fsp3) is 0.750. The second-order valence-corrected chi connectivity index (χ2v) is 3.21. The normalized spacial score (nSPS) is 5.45. The maximum Gasteiger partial charge on any atom is 0.302 e. The van der Waals surface area contributed by atoms with Crippen LogP contribution in [0.3, 0.4) is 0 Å². The van der Waals surface area contributed by atoms with Crippen molar-refractivity contribution in [1.82, 2.24) is 0 Å². The van der Waals surface area contributed by atoms with E-state index in [-0.39, 0.29) is 53.2 Å². The van der Waals surface area contributed by atoms with Crippen molar-refractivity contribution in [3.05, 3.63) is 0 Å². The molecule has 0 aromatic heterocycles. The number of methoxy groups -OCH3 is 2. The quantitative estimate of drug-likeness (QED) is 0.622. The molecule has 0 radical (unpaired) electrons. The van der Waals surface area contributed by atoms with E-state index >= 15 is 0 Å². The van der Waals surface area contributed by atoms with E-state index in [0.29, 0.717) is 0 Å². The first-order chi connectivity index (χ1) is 8.00. The van der Waals surface area contributed by atoms with Gasteiger partial charge in [-0.3, -0.25) is 9.59 Å². The molecule has 0 aromatic carbocycles. The highest BCUT2D eigenvalue weighted by atomic mass is 16.5. The van der Waals surface area contributed by atoms with Crippen LogP contribution in [0.25, 0.3) is 0 Å². The second-order valence-electron chi connectivity index (χ2n) is 3.21. The van der Waals surface area contributed by atoms with Gasteiger partial charge in [-0.05, 0) is 27.7 Å². The van der Waals surface area contributed by atoms with E-state index < -0.39 is 0 Å². The van der Waals surface area contributed by atoms with Crippen molar-refractivity contribution in [2.24, 2.45) is 0 Å². The Morgan fingerprint density at radius 1 is 0.500 bits per heavy atom. The van der Waals surface area contributed by atoms with Crippen LogP contribution in [0.5, 0.6) is 0 Å². The lowest BCUT2D eigenvalue weighted by molar-refractivity contribution is -0.138. The fourth-order valence-corrected chi connectivity index (χ4v) is 0. The van der Waals surface area contributed by atoms with Crippen LogP contribution in [-0.2, 0) is 28.7 Å². The van der Waals surface area contributed by atoms with E-state index in [1.807, 2.05) is 0 Å². The summed E-state index contributed by atoms with van der Waals surface area (Å²) >= 11 is 0. The molecule has 0 aliphatic rings. The molecule has 0 unspecified atom stereocenters. The third-order valence-corrected chi connectivity index (χ3v) is 0.575. The number of rotatable bonds is 0. The molecule has 0 saturated heterocycles. The minimum atomic E-state index is -0.245. The van der Waals surface area contributed by atoms with Crippen molar-refractivity contribution in [2.75, 3.05) is 14.2 Å². The smallest absolute Gasteiger partial charge is 0.302 e. The lowest BCUT2D eigenvalue weighted by Gasteiger charge is -1.80. The molecule has 0 spiro atoms. The van der Waals surface area contributed by atoms with E-state index in [0.717, 1.165) is 0 Å². The van der Waals surface area contributed by atoms with Crippen LogP contribution in [0, 0.1) is 0 Å². The third-order valence-electron chi connectivity index (χ3n) is 0.575. The predicted molar refractivity (Wildman–Crippen MR) is 95.0 cm³/mol. The number of carbonyl (C=O) groups excluding carboxylic acids is 4.